The number of hydrogen-bond donors (Lipinski definition) is 0. The summed E-state index contributed by atoms with van der Waals surface area (Å²) < 4.78 is 44.4. The highest BCUT2D eigenvalue weighted by Crippen LogP contribution is 2.41. The number of carbonyl (C=O) groups excluding carboxylic acids is 1. The second kappa shape index (κ2) is 7.59. The zero-order chi connectivity index (χ0) is 21.5. The van der Waals surface area contributed by atoms with Crippen LogP contribution in [0.3, 0.4) is 0 Å². The van der Waals surface area contributed by atoms with Crippen molar-refractivity contribution in [3.8, 4) is 17.2 Å². The van der Waals surface area contributed by atoms with Gasteiger partial charge in [-0.15, -0.1) is 0 Å². The van der Waals surface area contributed by atoms with Crippen LogP contribution in [0, 0.1) is 6.92 Å². The maximum Gasteiger partial charge on any atom is 0.243 e. The van der Waals surface area contributed by atoms with E-state index in [1.165, 1.54) is 30.7 Å². The molecule has 0 bridgehead atoms. The van der Waals surface area contributed by atoms with Crippen molar-refractivity contribution in [1.29, 1.82) is 0 Å². The standard InChI is InChI=1S/C22H25NO6S/c1-15-4-6-17-18(24)14-22(29-20(17)12-15)8-10-23(11-9-22)30(25,26)16-5-7-19(27-2)21(13-16)28-3/h4-7,12-13H,8-11,14H2,1-3H3. The summed E-state index contributed by atoms with van der Waals surface area (Å²) in [4.78, 5) is 12.8. The molecule has 2 aromatic rings. The highest BCUT2D eigenvalue weighted by atomic mass is 32.2. The molecule has 1 saturated heterocycles. The molecule has 1 fully saturated rings. The predicted octanol–water partition coefficient (Wildman–Crippen LogP) is 3.20. The van der Waals surface area contributed by atoms with Crippen molar-refractivity contribution in [2.75, 3.05) is 27.3 Å². The number of fused-ring (bicyclic) bond motifs is 1. The number of Topliss-reactive ketones (excluding diaryl/α,β-unsaturated/α-hetero) is 1. The Hall–Kier alpha value is -2.58. The summed E-state index contributed by atoms with van der Waals surface area (Å²) in [6.07, 6.45) is 1.19. The van der Waals surface area contributed by atoms with E-state index in [2.05, 4.69) is 0 Å². The Morgan fingerprint density at radius 1 is 1.00 bits per heavy atom. The summed E-state index contributed by atoms with van der Waals surface area (Å²) in [6, 6.07) is 10.1. The van der Waals surface area contributed by atoms with Crippen LogP contribution in [0.2, 0.25) is 0 Å². The molecule has 0 atom stereocenters. The lowest BCUT2D eigenvalue weighted by Gasteiger charge is -2.43. The Kier molecular flexibility index (Phi) is 5.23. The Bertz CT molecular complexity index is 1090. The second-order valence-corrected chi connectivity index (χ2v) is 9.74. The molecule has 8 heteroatoms. The van der Waals surface area contributed by atoms with E-state index < -0.39 is 15.6 Å². The maximum atomic E-state index is 13.2. The molecule has 4 rings (SSSR count). The van der Waals surface area contributed by atoms with Crippen molar-refractivity contribution < 1.29 is 27.4 Å². The van der Waals surface area contributed by atoms with Gasteiger partial charge >= 0.3 is 0 Å². The first-order valence-electron chi connectivity index (χ1n) is 9.83. The molecule has 0 unspecified atom stereocenters. The molecule has 2 aliphatic rings. The van der Waals surface area contributed by atoms with Gasteiger partial charge in [0, 0.05) is 32.0 Å². The van der Waals surface area contributed by atoms with Gasteiger partial charge in [0.25, 0.3) is 0 Å². The number of sulfonamides is 1. The minimum Gasteiger partial charge on any atom is -0.493 e. The molecule has 0 aliphatic carbocycles. The molecule has 0 N–H and O–H groups in total. The van der Waals surface area contributed by atoms with E-state index in [1.54, 1.807) is 12.1 Å². The third kappa shape index (κ3) is 3.54. The minimum atomic E-state index is -3.70. The van der Waals surface area contributed by atoms with Crippen molar-refractivity contribution in [2.45, 2.75) is 36.7 Å². The predicted molar refractivity (Wildman–Crippen MR) is 111 cm³/mol. The Morgan fingerprint density at radius 3 is 2.37 bits per heavy atom. The van der Waals surface area contributed by atoms with Gasteiger partial charge in [-0.05, 0) is 36.8 Å². The zero-order valence-electron chi connectivity index (χ0n) is 17.3. The van der Waals surface area contributed by atoms with Gasteiger partial charge in [-0.1, -0.05) is 6.07 Å². The Balaban J connectivity index is 1.54. The molecule has 0 amide bonds. The number of aryl methyl sites for hydroxylation is 1. The fourth-order valence-electron chi connectivity index (χ4n) is 4.14. The molecular weight excluding hydrogens is 406 g/mol. The van der Waals surface area contributed by atoms with Crippen LogP contribution in [0.5, 0.6) is 17.2 Å². The normalized spacial score (nSPS) is 18.6. The van der Waals surface area contributed by atoms with Crippen LogP contribution in [0.15, 0.2) is 41.3 Å². The second-order valence-electron chi connectivity index (χ2n) is 7.81. The van der Waals surface area contributed by atoms with E-state index in [9.17, 15) is 13.2 Å². The SMILES string of the molecule is COc1ccc(S(=O)(=O)N2CCC3(CC2)CC(=O)c2ccc(C)cc2O3)cc1OC. The summed E-state index contributed by atoms with van der Waals surface area (Å²) >= 11 is 0. The van der Waals surface area contributed by atoms with Gasteiger partial charge in [0.05, 0.1) is 31.1 Å². The van der Waals surface area contributed by atoms with Crippen LogP contribution >= 0.6 is 0 Å². The first-order valence-corrected chi connectivity index (χ1v) is 11.3. The van der Waals surface area contributed by atoms with Gasteiger partial charge in [0.1, 0.15) is 11.4 Å². The number of carbonyl (C=O) groups is 1. The summed E-state index contributed by atoms with van der Waals surface area (Å²) in [5.74, 6) is 1.48. The number of piperidine rings is 1. The smallest absolute Gasteiger partial charge is 0.243 e. The molecule has 0 radical (unpaired) electrons. The van der Waals surface area contributed by atoms with Crippen LogP contribution < -0.4 is 14.2 Å². The molecule has 1 spiro atoms. The van der Waals surface area contributed by atoms with Crippen LogP contribution in [-0.4, -0.2) is 51.4 Å². The van der Waals surface area contributed by atoms with Crippen molar-refractivity contribution in [3.05, 3.63) is 47.5 Å². The summed E-state index contributed by atoms with van der Waals surface area (Å²) in [5, 5.41) is 0. The number of hydrogen-bond acceptors (Lipinski definition) is 6. The van der Waals surface area contributed by atoms with Crippen molar-refractivity contribution in [1.82, 2.24) is 4.31 Å². The largest absolute Gasteiger partial charge is 0.493 e. The van der Waals surface area contributed by atoms with Gasteiger partial charge in [-0.25, -0.2) is 8.42 Å². The average Bonchev–Trinajstić information content (AvgIpc) is 2.73. The molecule has 0 aromatic heterocycles. The molecule has 2 aliphatic heterocycles. The molecular formula is C22H25NO6S. The highest BCUT2D eigenvalue weighted by molar-refractivity contribution is 7.89. The lowest BCUT2D eigenvalue weighted by molar-refractivity contribution is 0.00587. The summed E-state index contributed by atoms with van der Waals surface area (Å²) in [5.41, 5.74) is 0.972. The van der Waals surface area contributed by atoms with Gasteiger partial charge in [0.2, 0.25) is 10.0 Å². The number of nitrogens with zero attached hydrogens (tertiary/aromatic N) is 1. The van der Waals surface area contributed by atoms with E-state index in [0.717, 1.165) is 5.56 Å². The maximum absolute atomic E-state index is 13.2. The van der Waals surface area contributed by atoms with Gasteiger partial charge in [-0.2, -0.15) is 4.31 Å². The van der Waals surface area contributed by atoms with Gasteiger partial charge < -0.3 is 14.2 Å². The zero-order valence-corrected chi connectivity index (χ0v) is 18.1. The quantitative estimate of drug-likeness (QED) is 0.739. The first kappa shape index (κ1) is 20.7. The fourth-order valence-corrected chi connectivity index (χ4v) is 5.60. The number of benzene rings is 2. The first-order chi connectivity index (χ1) is 14.3. The topological polar surface area (TPSA) is 82.1 Å². The molecule has 7 nitrogen and oxygen atoms in total. The number of rotatable bonds is 4. The molecule has 160 valence electrons. The summed E-state index contributed by atoms with van der Waals surface area (Å²) in [7, 11) is -0.729. The van der Waals surface area contributed by atoms with Crippen molar-refractivity contribution >= 4 is 15.8 Å². The molecule has 2 heterocycles. The molecule has 30 heavy (non-hydrogen) atoms. The van der Waals surface area contributed by atoms with Crippen molar-refractivity contribution in [3.63, 3.8) is 0 Å². The Labute approximate surface area is 176 Å². The van der Waals surface area contributed by atoms with Crippen molar-refractivity contribution in [2.24, 2.45) is 0 Å². The van der Waals surface area contributed by atoms with Crippen LogP contribution in [-0.2, 0) is 10.0 Å². The van der Waals surface area contributed by atoms with Crippen LogP contribution in [0.4, 0.5) is 0 Å². The lowest BCUT2D eigenvalue weighted by Crippen LogP contribution is -2.52. The minimum absolute atomic E-state index is 0.0486. The molecule has 0 saturated carbocycles. The van der Waals surface area contributed by atoms with E-state index in [0.29, 0.717) is 35.7 Å². The van der Waals surface area contributed by atoms with E-state index in [-0.39, 0.29) is 30.2 Å². The highest BCUT2D eigenvalue weighted by Gasteiger charge is 2.45. The van der Waals surface area contributed by atoms with Gasteiger partial charge in [0.15, 0.2) is 17.3 Å². The fraction of sp³-hybridized carbons (Fsp3) is 0.409. The van der Waals surface area contributed by atoms with E-state index >= 15 is 0 Å². The Morgan fingerprint density at radius 2 is 1.70 bits per heavy atom. The third-order valence-corrected chi connectivity index (χ3v) is 7.77. The third-order valence-electron chi connectivity index (χ3n) is 5.87. The molecule has 2 aromatic carbocycles. The number of methoxy groups -OCH3 is 2. The van der Waals surface area contributed by atoms with E-state index in [1.807, 2.05) is 19.1 Å². The van der Waals surface area contributed by atoms with Crippen LogP contribution in [0.25, 0.3) is 0 Å². The lowest BCUT2D eigenvalue weighted by atomic mass is 9.83. The number of ether oxygens (including phenoxy) is 3. The van der Waals surface area contributed by atoms with Gasteiger partial charge in [-0.3, -0.25) is 4.79 Å². The average molecular weight is 432 g/mol. The number of ketones is 1. The summed E-state index contributed by atoms with van der Waals surface area (Å²) in [6.45, 7) is 2.52. The van der Waals surface area contributed by atoms with E-state index in [4.69, 9.17) is 14.2 Å². The van der Waals surface area contributed by atoms with Crippen LogP contribution in [0.1, 0.15) is 35.2 Å². The monoisotopic (exact) mass is 431 g/mol.